The molecule has 2 rings (SSSR count). The molecule has 5 heteroatoms. The molecule has 1 aliphatic rings. The van der Waals surface area contributed by atoms with Crippen LogP contribution in [0.15, 0.2) is 0 Å². The molecule has 0 bridgehead atoms. The minimum atomic E-state index is -0.904. The normalized spacial score (nSPS) is 17.9. The molecule has 18 heavy (non-hydrogen) atoms. The van der Waals surface area contributed by atoms with Crippen molar-refractivity contribution in [1.29, 1.82) is 0 Å². The Morgan fingerprint density at radius 3 is 2.61 bits per heavy atom. The van der Waals surface area contributed by atoms with Gasteiger partial charge in [0, 0.05) is 24.0 Å². The van der Waals surface area contributed by atoms with Gasteiger partial charge in [-0.3, -0.25) is 4.79 Å². The predicted molar refractivity (Wildman–Crippen MR) is 70.3 cm³/mol. The van der Waals surface area contributed by atoms with E-state index >= 15 is 0 Å². The third-order valence-corrected chi connectivity index (χ3v) is 4.82. The lowest BCUT2D eigenvalue weighted by Gasteiger charge is -2.21. The summed E-state index contributed by atoms with van der Waals surface area (Å²) in [6.45, 7) is 7.01. The number of carboxylic acids is 1. The van der Waals surface area contributed by atoms with E-state index in [1.54, 1.807) is 13.8 Å². The molecule has 0 saturated carbocycles. The molecule has 1 saturated heterocycles. The fourth-order valence-electron chi connectivity index (χ4n) is 2.12. The number of carbonyl (C=O) groups is 1. The van der Waals surface area contributed by atoms with Crippen LogP contribution in [0.1, 0.15) is 48.2 Å². The number of aromatic nitrogens is 1. The number of aliphatic carboxylic acids is 1. The van der Waals surface area contributed by atoms with Gasteiger partial charge < -0.3 is 9.84 Å². The van der Waals surface area contributed by atoms with Gasteiger partial charge in [-0.1, -0.05) is 0 Å². The summed E-state index contributed by atoms with van der Waals surface area (Å²) in [6, 6.07) is 0. The maximum absolute atomic E-state index is 11.3. The summed E-state index contributed by atoms with van der Waals surface area (Å²) in [5.74, 6) is -0.400. The second-order valence-corrected chi connectivity index (χ2v) is 6.48. The van der Waals surface area contributed by atoms with Crippen molar-refractivity contribution in [2.24, 2.45) is 0 Å². The highest BCUT2D eigenvalue weighted by atomic mass is 32.1. The van der Waals surface area contributed by atoms with Crippen molar-refractivity contribution >= 4 is 17.3 Å². The number of rotatable bonds is 3. The molecule has 1 fully saturated rings. The standard InChI is InChI=1S/C13H19NO3S/c1-8-10(9-4-6-17-7-5-9)14-11(18-8)13(2,3)12(15)16/h9H,4-7H2,1-3H3,(H,15,16). The van der Waals surface area contributed by atoms with Gasteiger partial charge in [-0.15, -0.1) is 11.3 Å². The van der Waals surface area contributed by atoms with Crippen molar-refractivity contribution in [3.63, 3.8) is 0 Å². The molecule has 1 aromatic rings. The van der Waals surface area contributed by atoms with Gasteiger partial charge in [0.05, 0.1) is 5.69 Å². The van der Waals surface area contributed by atoms with Crippen LogP contribution in [0.4, 0.5) is 0 Å². The summed E-state index contributed by atoms with van der Waals surface area (Å²) in [7, 11) is 0. The molecule has 0 aromatic carbocycles. The van der Waals surface area contributed by atoms with Crippen LogP contribution in [-0.2, 0) is 14.9 Å². The van der Waals surface area contributed by atoms with Gasteiger partial charge in [-0.25, -0.2) is 4.98 Å². The highest BCUT2D eigenvalue weighted by Crippen LogP contribution is 2.35. The van der Waals surface area contributed by atoms with Crippen molar-refractivity contribution in [2.45, 2.75) is 44.9 Å². The smallest absolute Gasteiger partial charge is 0.316 e. The van der Waals surface area contributed by atoms with E-state index in [1.807, 2.05) is 6.92 Å². The molecular weight excluding hydrogens is 250 g/mol. The zero-order valence-electron chi connectivity index (χ0n) is 11.0. The summed E-state index contributed by atoms with van der Waals surface area (Å²) in [6.07, 6.45) is 1.97. The largest absolute Gasteiger partial charge is 0.481 e. The third-order valence-electron chi connectivity index (χ3n) is 3.51. The lowest BCUT2D eigenvalue weighted by atomic mass is 9.93. The van der Waals surface area contributed by atoms with Crippen LogP contribution in [-0.4, -0.2) is 29.3 Å². The second kappa shape index (κ2) is 4.97. The number of ether oxygens (including phenoxy) is 1. The fraction of sp³-hybridized carbons (Fsp3) is 0.692. The lowest BCUT2D eigenvalue weighted by molar-refractivity contribution is -0.142. The molecule has 0 unspecified atom stereocenters. The average molecular weight is 269 g/mol. The minimum Gasteiger partial charge on any atom is -0.481 e. The van der Waals surface area contributed by atoms with Crippen LogP contribution in [0.3, 0.4) is 0 Å². The molecule has 0 spiro atoms. The molecule has 100 valence electrons. The van der Waals surface area contributed by atoms with Gasteiger partial charge in [-0.05, 0) is 33.6 Å². The van der Waals surface area contributed by atoms with Crippen LogP contribution in [0.5, 0.6) is 0 Å². The van der Waals surface area contributed by atoms with Crippen LogP contribution >= 0.6 is 11.3 Å². The molecule has 0 aliphatic carbocycles. The van der Waals surface area contributed by atoms with Gasteiger partial charge in [0.15, 0.2) is 0 Å². The van der Waals surface area contributed by atoms with Gasteiger partial charge in [0.2, 0.25) is 0 Å². The summed E-state index contributed by atoms with van der Waals surface area (Å²) in [5, 5.41) is 9.95. The molecule has 1 N–H and O–H groups in total. The van der Waals surface area contributed by atoms with Gasteiger partial charge in [-0.2, -0.15) is 0 Å². The van der Waals surface area contributed by atoms with Gasteiger partial charge >= 0.3 is 5.97 Å². The first-order valence-corrected chi connectivity index (χ1v) is 7.03. The molecule has 4 nitrogen and oxygen atoms in total. The second-order valence-electron chi connectivity index (χ2n) is 5.28. The Morgan fingerprint density at radius 2 is 2.06 bits per heavy atom. The number of hydrogen-bond acceptors (Lipinski definition) is 4. The number of aryl methyl sites for hydroxylation is 1. The Balaban J connectivity index is 2.29. The van der Waals surface area contributed by atoms with E-state index in [0.717, 1.165) is 36.6 Å². The molecule has 2 heterocycles. The minimum absolute atomic E-state index is 0.424. The van der Waals surface area contributed by atoms with Crippen LogP contribution in [0.2, 0.25) is 0 Å². The van der Waals surface area contributed by atoms with E-state index in [9.17, 15) is 9.90 Å². The SMILES string of the molecule is Cc1sc(C(C)(C)C(=O)O)nc1C1CCOCC1. The Morgan fingerprint density at radius 1 is 1.44 bits per heavy atom. The Labute approximate surface area is 111 Å². The molecule has 0 amide bonds. The van der Waals surface area contributed by atoms with Crippen molar-refractivity contribution in [1.82, 2.24) is 4.98 Å². The van der Waals surface area contributed by atoms with E-state index < -0.39 is 11.4 Å². The Bertz CT molecular complexity index is 447. The number of hydrogen-bond donors (Lipinski definition) is 1. The highest BCUT2D eigenvalue weighted by Gasteiger charge is 2.34. The number of carboxylic acid groups (broad SMARTS) is 1. The number of nitrogens with zero attached hydrogens (tertiary/aromatic N) is 1. The average Bonchev–Trinajstić information content (AvgIpc) is 2.73. The van der Waals surface area contributed by atoms with Crippen molar-refractivity contribution in [3.8, 4) is 0 Å². The Hall–Kier alpha value is -0.940. The van der Waals surface area contributed by atoms with Gasteiger partial charge in [0.1, 0.15) is 10.4 Å². The van der Waals surface area contributed by atoms with E-state index in [1.165, 1.54) is 11.3 Å². The first-order chi connectivity index (χ1) is 8.43. The van der Waals surface area contributed by atoms with Crippen molar-refractivity contribution < 1.29 is 14.6 Å². The monoisotopic (exact) mass is 269 g/mol. The van der Waals surface area contributed by atoms with E-state index in [-0.39, 0.29) is 0 Å². The Kier molecular flexibility index (Phi) is 3.73. The predicted octanol–water partition coefficient (Wildman–Crippen LogP) is 2.71. The fourth-order valence-corrected chi connectivity index (χ4v) is 3.21. The highest BCUT2D eigenvalue weighted by molar-refractivity contribution is 7.12. The summed E-state index contributed by atoms with van der Waals surface area (Å²) in [5.41, 5.74) is 0.173. The lowest BCUT2D eigenvalue weighted by Crippen LogP contribution is -2.28. The zero-order valence-corrected chi connectivity index (χ0v) is 11.8. The third kappa shape index (κ3) is 2.42. The van der Waals surface area contributed by atoms with Crippen LogP contribution in [0.25, 0.3) is 0 Å². The first-order valence-electron chi connectivity index (χ1n) is 6.22. The topological polar surface area (TPSA) is 59.4 Å². The quantitative estimate of drug-likeness (QED) is 0.916. The molecular formula is C13H19NO3S. The van der Waals surface area contributed by atoms with E-state index in [2.05, 4.69) is 4.98 Å². The summed E-state index contributed by atoms with van der Waals surface area (Å²) in [4.78, 5) is 17.0. The first kappa shape index (κ1) is 13.5. The molecule has 1 aromatic heterocycles. The summed E-state index contributed by atoms with van der Waals surface area (Å²) >= 11 is 1.51. The van der Waals surface area contributed by atoms with E-state index in [4.69, 9.17) is 4.74 Å². The number of thiazole rings is 1. The maximum Gasteiger partial charge on any atom is 0.316 e. The molecule has 0 atom stereocenters. The summed E-state index contributed by atoms with van der Waals surface area (Å²) < 4.78 is 5.35. The van der Waals surface area contributed by atoms with Crippen molar-refractivity contribution in [3.05, 3.63) is 15.6 Å². The van der Waals surface area contributed by atoms with Gasteiger partial charge in [0.25, 0.3) is 0 Å². The van der Waals surface area contributed by atoms with Crippen molar-refractivity contribution in [2.75, 3.05) is 13.2 Å². The zero-order chi connectivity index (χ0) is 13.3. The maximum atomic E-state index is 11.3. The van der Waals surface area contributed by atoms with Crippen LogP contribution < -0.4 is 0 Å². The van der Waals surface area contributed by atoms with Crippen LogP contribution in [0, 0.1) is 6.92 Å². The van der Waals surface area contributed by atoms with E-state index in [0.29, 0.717) is 10.9 Å². The molecule has 1 aliphatic heterocycles. The molecule has 0 radical (unpaired) electrons.